The third-order valence-corrected chi connectivity index (χ3v) is 10.6. The molecule has 4 N–H and O–H groups in total. The number of carbonyl (C=O) groups excluding carboxylic acids is 5. The Bertz CT molecular complexity index is 2430. The average molecular weight is 824 g/mol. The molecule has 0 saturated carbocycles. The van der Waals surface area contributed by atoms with Crippen molar-refractivity contribution in [3.05, 3.63) is 75.3 Å². The van der Waals surface area contributed by atoms with Crippen LogP contribution in [0.3, 0.4) is 0 Å². The molecule has 21 nitrogen and oxygen atoms in total. The number of carboxylic acids is 2. The lowest BCUT2D eigenvalue weighted by Gasteiger charge is -2.49. The Morgan fingerprint density at radius 1 is 1.04 bits per heavy atom. The first-order chi connectivity index (χ1) is 27.1. The summed E-state index contributed by atoms with van der Waals surface area (Å²) in [5.41, 5.74) is -1.35. The number of hydrogen-bond acceptors (Lipinski definition) is 17. The number of carboxylic acid groups (broad SMARTS) is 2. The number of tetrazole rings is 1. The van der Waals surface area contributed by atoms with E-state index in [4.69, 9.17) is 23.7 Å². The first kappa shape index (κ1) is 39.9. The van der Waals surface area contributed by atoms with E-state index in [1.807, 2.05) is 0 Å². The zero-order valence-corrected chi connectivity index (χ0v) is 31.4. The van der Waals surface area contributed by atoms with E-state index in [0.717, 1.165) is 37.1 Å². The predicted octanol–water partition coefficient (Wildman–Crippen LogP) is 0.633. The minimum atomic E-state index is -1.60. The van der Waals surface area contributed by atoms with Crippen molar-refractivity contribution in [3.8, 4) is 17.2 Å². The quantitative estimate of drug-likeness (QED) is 0.0587. The van der Waals surface area contributed by atoms with Gasteiger partial charge in [0.2, 0.25) is 16.5 Å². The van der Waals surface area contributed by atoms with E-state index in [2.05, 4.69) is 26.2 Å². The molecule has 2 aromatic carbocycles. The molecule has 23 heteroatoms. The Morgan fingerprint density at radius 3 is 2.33 bits per heavy atom. The van der Waals surface area contributed by atoms with Gasteiger partial charge in [-0.3, -0.25) is 33.7 Å². The normalized spacial score (nSPS) is 16.5. The van der Waals surface area contributed by atoms with Gasteiger partial charge in [-0.25, -0.2) is 14.3 Å². The van der Waals surface area contributed by atoms with Gasteiger partial charge in [-0.1, -0.05) is 23.9 Å². The van der Waals surface area contributed by atoms with E-state index >= 15 is 0 Å². The van der Waals surface area contributed by atoms with Crippen LogP contribution < -0.4 is 30.3 Å². The van der Waals surface area contributed by atoms with Crippen LogP contribution in [-0.2, 0) is 35.8 Å². The van der Waals surface area contributed by atoms with Crippen LogP contribution in [0.1, 0.15) is 35.8 Å². The Hall–Kier alpha value is -6.75. The topological polar surface area (TPSA) is 289 Å². The van der Waals surface area contributed by atoms with Crippen LogP contribution in [0.5, 0.6) is 17.2 Å². The molecule has 6 rings (SSSR count). The Balaban J connectivity index is 1.27. The van der Waals surface area contributed by atoms with Crippen molar-refractivity contribution in [2.75, 3.05) is 18.1 Å². The van der Waals surface area contributed by atoms with Crippen molar-refractivity contribution in [2.24, 2.45) is 7.05 Å². The van der Waals surface area contributed by atoms with Crippen LogP contribution in [0.2, 0.25) is 0 Å². The minimum Gasteiger partial charge on any atom is -0.482 e. The standard InChI is InChI=1S/C34H29N7O14S2/c1-14(42)54-22-8-19-21(9-23(22)55-15(2)43)53-10-20(28(19)46)29(47)35-25(16-4-6-18(7-5-16)52-11-24(44)45)30(48)36-26-31(49)41-27(33(50)51)17(12-56-32(26)41)13-57-34-37-38-39-40(34)3/h4-10,25-26,32H,11-13H2,1-3H3,(H,35,47)(H,36,48)(H,44,45)(H,50,51)/t25?,26-,32+/m1/s1. The van der Waals surface area contributed by atoms with Gasteiger partial charge in [0.25, 0.3) is 11.8 Å². The molecule has 4 aromatic rings. The highest BCUT2D eigenvalue weighted by Crippen LogP contribution is 2.42. The molecule has 1 unspecified atom stereocenters. The summed E-state index contributed by atoms with van der Waals surface area (Å²) < 4.78 is 22.2. The van der Waals surface area contributed by atoms with Gasteiger partial charge in [0.1, 0.15) is 46.3 Å². The smallest absolute Gasteiger partial charge is 0.352 e. The van der Waals surface area contributed by atoms with E-state index in [-0.39, 0.29) is 51.0 Å². The molecule has 2 aromatic heterocycles. The van der Waals surface area contributed by atoms with Gasteiger partial charge in [0.15, 0.2) is 18.1 Å². The number of benzene rings is 2. The molecule has 0 spiro atoms. The molecule has 3 amide bonds. The highest BCUT2D eigenvalue weighted by Gasteiger charge is 2.54. The maximum atomic E-state index is 14.0. The molecule has 2 aliphatic heterocycles. The number of fused-ring (bicyclic) bond motifs is 2. The summed E-state index contributed by atoms with van der Waals surface area (Å²) in [6, 6.07) is 4.71. The van der Waals surface area contributed by atoms with E-state index in [9.17, 15) is 43.5 Å². The van der Waals surface area contributed by atoms with Gasteiger partial charge >= 0.3 is 23.9 Å². The zero-order valence-electron chi connectivity index (χ0n) is 29.7. The number of aryl methyl sites for hydroxylation is 1. The highest BCUT2D eigenvalue weighted by atomic mass is 32.2. The highest BCUT2D eigenvalue weighted by molar-refractivity contribution is 8.01. The van der Waals surface area contributed by atoms with Crippen molar-refractivity contribution in [1.29, 1.82) is 0 Å². The third-order valence-electron chi connectivity index (χ3n) is 8.21. The third kappa shape index (κ3) is 8.57. The summed E-state index contributed by atoms with van der Waals surface area (Å²) in [5, 5.41) is 34.6. The van der Waals surface area contributed by atoms with E-state index < -0.39 is 76.7 Å². The first-order valence-corrected chi connectivity index (χ1v) is 18.4. The molecule has 57 heavy (non-hydrogen) atoms. The first-order valence-electron chi connectivity index (χ1n) is 16.4. The molecular formula is C34H29N7O14S2. The van der Waals surface area contributed by atoms with E-state index in [1.54, 1.807) is 7.05 Å². The Labute approximate surface area is 327 Å². The van der Waals surface area contributed by atoms with Gasteiger partial charge in [-0.2, -0.15) is 0 Å². The molecule has 1 saturated heterocycles. The number of thioether (sulfide) groups is 2. The number of hydrogen-bond donors (Lipinski definition) is 4. The molecule has 0 aliphatic carbocycles. The van der Waals surface area contributed by atoms with Gasteiger partial charge in [-0.15, -0.1) is 16.9 Å². The predicted molar refractivity (Wildman–Crippen MR) is 194 cm³/mol. The van der Waals surface area contributed by atoms with Crippen LogP contribution >= 0.6 is 23.5 Å². The number of nitrogens with zero attached hydrogens (tertiary/aromatic N) is 5. The number of amides is 3. The van der Waals surface area contributed by atoms with Crippen LogP contribution in [0.25, 0.3) is 11.0 Å². The number of esters is 2. The average Bonchev–Trinajstić information content (AvgIpc) is 3.58. The molecule has 0 bridgehead atoms. The zero-order chi connectivity index (χ0) is 41.1. The fourth-order valence-corrected chi connectivity index (χ4v) is 8.03. The van der Waals surface area contributed by atoms with Crippen molar-refractivity contribution in [3.63, 3.8) is 0 Å². The fourth-order valence-electron chi connectivity index (χ4n) is 5.70. The van der Waals surface area contributed by atoms with Gasteiger partial charge in [0.05, 0.1) is 5.39 Å². The Kier molecular flexibility index (Phi) is 11.6. The second-order valence-corrected chi connectivity index (χ2v) is 14.2. The monoisotopic (exact) mass is 823 g/mol. The van der Waals surface area contributed by atoms with Gasteiger partial charge < -0.3 is 39.5 Å². The number of nitrogens with one attached hydrogen (secondary N) is 2. The van der Waals surface area contributed by atoms with Crippen molar-refractivity contribution < 1.29 is 62.4 Å². The number of aliphatic carboxylic acids is 2. The van der Waals surface area contributed by atoms with Crippen molar-refractivity contribution in [1.82, 2.24) is 35.7 Å². The lowest BCUT2D eigenvalue weighted by molar-refractivity contribution is -0.151. The molecule has 3 atom stereocenters. The number of β-lactam (4-membered cyclic amide) rings is 1. The summed E-state index contributed by atoms with van der Waals surface area (Å²) in [6.45, 7) is 1.51. The SMILES string of the molecule is CC(=O)Oc1cc2occ(C(=O)NC(C(=O)N[C@@H]3C(=O)N4C(C(=O)O)=C(CSc5nnnn5C)CS[C@@H]34)c3ccc(OCC(=O)O)cc3)c(=O)c2cc1OC(C)=O. The second kappa shape index (κ2) is 16.5. The second-order valence-electron chi connectivity index (χ2n) is 12.1. The number of carbonyl (C=O) groups is 7. The van der Waals surface area contributed by atoms with Crippen molar-refractivity contribution >= 4 is 76.1 Å². The maximum Gasteiger partial charge on any atom is 0.352 e. The summed E-state index contributed by atoms with van der Waals surface area (Å²) in [6.07, 6.45) is 0.809. The summed E-state index contributed by atoms with van der Waals surface area (Å²) >= 11 is 2.39. The van der Waals surface area contributed by atoms with E-state index in [0.29, 0.717) is 10.7 Å². The van der Waals surface area contributed by atoms with Crippen LogP contribution in [0, 0.1) is 0 Å². The molecule has 296 valence electrons. The largest absolute Gasteiger partial charge is 0.482 e. The van der Waals surface area contributed by atoms with Gasteiger partial charge in [-0.05, 0) is 39.8 Å². The maximum absolute atomic E-state index is 14.0. The molecule has 4 heterocycles. The summed E-state index contributed by atoms with van der Waals surface area (Å²) in [7, 11) is 1.62. The lowest BCUT2D eigenvalue weighted by Crippen LogP contribution is -2.71. The van der Waals surface area contributed by atoms with Gasteiger partial charge in [0, 0.05) is 38.5 Å². The molecule has 2 aliphatic rings. The van der Waals surface area contributed by atoms with Crippen LogP contribution in [0.15, 0.2) is 68.3 Å². The summed E-state index contributed by atoms with van der Waals surface area (Å²) in [4.78, 5) is 103. The van der Waals surface area contributed by atoms with Crippen LogP contribution in [-0.4, -0.2) is 106 Å². The number of ether oxygens (including phenoxy) is 3. The molecule has 1 fully saturated rings. The Morgan fingerprint density at radius 2 is 1.72 bits per heavy atom. The number of aromatic nitrogens is 4. The number of rotatable bonds is 14. The molecular weight excluding hydrogens is 795 g/mol. The summed E-state index contributed by atoms with van der Waals surface area (Å²) in [5.74, 6) is -7.01. The fraction of sp³-hybridized carbons (Fsp3) is 0.265. The minimum absolute atomic E-state index is 0.110. The molecule has 0 radical (unpaired) electrons. The van der Waals surface area contributed by atoms with Crippen LogP contribution in [0.4, 0.5) is 0 Å². The lowest BCUT2D eigenvalue weighted by atomic mass is 10.0. The van der Waals surface area contributed by atoms with E-state index in [1.165, 1.54) is 52.5 Å². The van der Waals surface area contributed by atoms with Crippen molar-refractivity contribution in [2.45, 2.75) is 36.5 Å².